The van der Waals surface area contributed by atoms with E-state index in [-0.39, 0.29) is 18.5 Å². The van der Waals surface area contributed by atoms with Crippen molar-refractivity contribution >= 4 is 11.9 Å². The fraction of sp³-hybridized carbons (Fsp3) is 0.842. The zero-order chi connectivity index (χ0) is 59.2. The van der Waals surface area contributed by atoms with Gasteiger partial charge < -0.3 is 20.3 Å². The first-order valence-electron chi connectivity index (χ1n) is 36.6. The van der Waals surface area contributed by atoms with Crippen molar-refractivity contribution in [2.24, 2.45) is 0 Å². The van der Waals surface area contributed by atoms with Crippen LogP contribution >= 0.6 is 0 Å². The number of carbonyl (C=O) groups is 2. The molecule has 82 heavy (non-hydrogen) atoms. The second kappa shape index (κ2) is 71.0. The largest absolute Gasteiger partial charge is 0.466 e. The van der Waals surface area contributed by atoms with Gasteiger partial charge in [-0.1, -0.05) is 344 Å². The smallest absolute Gasteiger partial charge is 0.305 e. The van der Waals surface area contributed by atoms with Gasteiger partial charge in [0.05, 0.1) is 25.4 Å². The van der Waals surface area contributed by atoms with Crippen molar-refractivity contribution in [1.82, 2.24) is 5.32 Å². The van der Waals surface area contributed by atoms with Crippen LogP contribution in [-0.4, -0.2) is 47.4 Å². The predicted octanol–water partition coefficient (Wildman–Crippen LogP) is 23.8. The summed E-state index contributed by atoms with van der Waals surface area (Å²) in [5.41, 5.74) is 0. The van der Waals surface area contributed by atoms with Crippen molar-refractivity contribution in [2.45, 2.75) is 398 Å². The Bertz CT molecular complexity index is 1420. The van der Waals surface area contributed by atoms with Gasteiger partial charge in [0.25, 0.3) is 0 Å². The Kier molecular flexibility index (Phi) is 68.9. The number of carbonyl (C=O) groups excluding carboxylic acids is 2. The van der Waals surface area contributed by atoms with Crippen LogP contribution in [0.5, 0.6) is 0 Å². The van der Waals surface area contributed by atoms with E-state index >= 15 is 0 Å². The van der Waals surface area contributed by atoms with Gasteiger partial charge in [0.2, 0.25) is 5.91 Å². The molecule has 6 heteroatoms. The Morgan fingerprint density at radius 2 is 0.634 bits per heavy atom. The van der Waals surface area contributed by atoms with E-state index in [0.717, 1.165) is 57.8 Å². The first-order chi connectivity index (χ1) is 40.5. The lowest BCUT2D eigenvalue weighted by Gasteiger charge is -2.20. The molecule has 0 spiro atoms. The molecule has 0 aliphatic rings. The van der Waals surface area contributed by atoms with Gasteiger partial charge in [0.1, 0.15) is 0 Å². The van der Waals surface area contributed by atoms with Gasteiger partial charge >= 0.3 is 5.97 Å². The van der Waals surface area contributed by atoms with Gasteiger partial charge in [0, 0.05) is 12.8 Å². The fourth-order valence-corrected chi connectivity index (χ4v) is 11.2. The molecule has 0 aliphatic heterocycles. The molecular formula is C76H141NO5. The SMILES string of the molecule is CCC/C=C\C/C=C\CCCCCCCC(=O)OCCCCCCCCCCC/C=C\C/C=C\CCCCCCCCCCCCCCCC(=O)NC(CO)C(O)/C=C/CCCCCCCCCCCCCCCCCCCCCCC. The number of nitrogens with one attached hydrogen (secondary N) is 1. The molecule has 2 unspecified atom stereocenters. The summed E-state index contributed by atoms with van der Waals surface area (Å²) in [4.78, 5) is 24.6. The molecule has 0 fully saturated rings. The molecule has 3 N–H and O–H groups in total. The van der Waals surface area contributed by atoms with Crippen LogP contribution in [0.4, 0.5) is 0 Å². The van der Waals surface area contributed by atoms with Crippen molar-refractivity contribution < 1.29 is 24.5 Å². The van der Waals surface area contributed by atoms with Crippen molar-refractivity contribution in [2.75, 3.05) is 13.2 Å². The van der Waals surface area contributed by atoms with E-state index in [2.05, 4.69) is 67.8 Å². The molecule has 480 valence electrons. The molecule has 0 bridgehead atoms. The summed E-state index contributed by atoms with van der Waals surface area (Å²) in [6, 6.07) is -0.631. The molecule has 6 nitrogen and oxygen atoms in total. The number of rotatable bonds is 68. The molecule has 0 saturated carbocycles. The monoisotopic (exact) mass is 1150 g/mol. The Labute approximate surface area is 511 Å². The third kappa shape index (κ3) is 66.7. The molecule has 1 amide bonds. The number of amides is 1. The molecule has 0 radical (unpaired) electrons. The summed E-state index contributed by atoms with van der Waals surface area (Å²) in [6.07, 6.45) is 94.5. The maximum atomic E-state index is 12.5. The lowest BCUT2D eigenvalue weighted by molar-refractivity contribution is -0.143. The number of ether oxygens (including phenoxy) is 1. The highest BCUT2D eigenvalue weighted by Crippen LogP contribution is 2.18. The minimum Gasteiger partial charge on any atom is -0.466 e. The second-order valence-corrected chi connectivity index (χ2v) is 24.9. The van der Waals surface area contributed by atoms with Crippen LogP contribution in [0.3, 0.4) is 0 Å². The topological polar surface area (TPSA) is 95.9 Å². The van der Waals surface area contributed by atoms with E-state index in [1.165, 1.54) is 302 Å². The molecule has 0 aromatic carbocycles. The Morgan fingerprint density at radius 1 is 0.341 bits per heavy atom. The highest BCUT2D eigenvalue weighted by Gasteiger charge is 2.18. The number of allylic oxidation sites excluding steroid dienone is 9. The molecule has 0 heterocycles. The Balaban J connectivity index is 3.44. The lowest BCUT2D eigenvalue weighted by atomic mass is 10.0. The first-order valence-corrected chi connectivity index (χ1v) is 36.6. The van der Waals surface area contributed by atoms with Crippen LogP contribution < -0.4 is 5.32 Å². The van der Waals surface area contributed by atoms with E-state index in [0.29, 0.717) is 19.4 Å². The van der Waals surface area contributed by atoms with Crippen LogP contribution in [0.25, 0.3) is 0 Å². The summed E-state index contributed by atoms with van der Waals surface area (Å²) in [5, 5.41) is 23.3. The Morgan fingerprint density at radius 3 is 0.976 bits per heavy atom. The molecule has 0 aromatic rings. The average molecular weight is 1150 g/mol. The Hall–Kier alpha value is -2.44. The van der Waals surface area contributed by atoms with E-state index in [4.69, 9.17) is 4.74 Å². The van der Waals surface area contributed by atoms with Crippen LogP contribution in [0.2, 0.25) is 0 Å². The third-order valence-corrected chi connectivity index (χ3v) is 16.7. The van der Waals surface area contributed by atoms with Crippen LogP contribution in [0.1, 0.15) is 386 Å². The van der Waals surface area contributed by atoms with Crippen molar-refractivity contribution in [3.8, 4) is 0 Å². The van der Waals surface area contributed by atoms with E-state index in [1.807, 2.05) is 6.08 Å². The fourth-order valence-electron chi connectivity index (χ4n) is 11.2. The molecule has 0 rings (SSSR count). The molecular weight excluding hydrogens is 1010 g/mol. The summed E-state index contributed by atoms with van der Waals surface area (Å²) in [7, 11) is 0. The van der Waals surface area contributed by atoms with Crippen molar-refractivity contribution in [1.29, 1.82) is 0 Å². The zero-order valence-corrected chi connectivity index (χ0v) is 55.0. The van der Waals surface area contributed by atoms with E-state index in [9.17, 15) is 19.8 Å². The molecule has 2 atom stereocenters. The van der Waals surface area contributed by atoms with Crippen molar-refractivity contribution in [3.05, 3.63) is 60.8 Å². The first kappa shape index (κ1) is 79.6. The van der Waals surface area contributed by atoms with Gasteiger partial charge in [-0.15, -0.1) is 0 Å². The van der Waals surface area contributed by atoms with E-state index < -0.39 is 12.1 Å². The van der Waals surface area contributed by atoms with Gasteiger partial charge in [-0.25, -0.2) is 0 Å². The standard InChI is InChI=1S/C76H141NO5/c1-3-5-7-9-11-13-15-17-18-19-20-21-29-32-35-38-41-45-48-52-56-60-64-68-74(79)73(72-78)77-75(80)69-65-61-57-53-49-46-42-39-36-33-30-27-25-23-22-24-26-28-31-34-37-40-43-47-51-55-59-63-67-71-82-76(81)70-66-62-58-54-50-44-16-14-12-10-8-6-4-2/h8,10,14,16,22,24,28,31,64,68,73-74,78-79H,3-7,9,11-13,15,17-21,23,25-27,29-30,32-63,65-67,69-72H2,1-2H3,(H,77,80)/b10-8-,16-14-,24-22-,31-28-,68-64+. The number of hydrogen-bond donors (Lipinski definition) is 3. The van der Waals surface area contributed by atoms with E-state index in [1.54, 1.807) is 6.08 Å². The molecule has 0 aliphatic carbocycles. The summed E-state index contributed by atoms with van der Waals surface area (Å²) < 4.78 is 5.47. The molecule has 0 saturated heterocycles. The molecule has 0 aromatic heterocycles. The summed E-state index contributed by atoms with van der Waals surface area (Å²) >= 11 is 0. The maximum absolute atomic E-state index is 12.5. The number of aliphatic hydroxyl groups excluding tert-OH is 2. The predicted molar refractivity (Wildman–Crippen MR) is 361 cm³/mol. The quantitative estimate of drug-likeness (QED) is 0.0320. The van der Waals surface area contributed by atoms with Gasteiger partial charge in [-0.3, -0.25) is 9.59 Å². The zero-order valence-electron chi connectivity index (χ0n) is 55.0. The van der Waals surface area contributed by atoms with Crippen LogP contribution in [0, 0.1) is 0 Å². The summed E-state index contributed by atoms with van der Waals surface area (Å²) in [5.74, 6) is -0.0695. The summed E-state index contributed by atoms with van der Waals surface area (Å²) in [6.45, 7) is 4.86. The van der Waals surface area contributed by atoms with Crippen LogP contribution in [-0.2, 0) is 14.3 Å². The highest BCUT2D eigenvalue weighted by molar-refractivity contribution is 5.76. The number of esters is 1. The number of hydrogen-bond acceptors (Lipinski definition) is 5. The van der Waals surface area contributed by atoms with Gasteiger partial charge in [0.15, 0.2) is 0 Å². The maximum Gasteiger partial charge on any atom is 0.305 e. The average Bonchev–Trinajstić information content (AvgIpc) is 3.48. The van der Waals surface area contributed by atoms with Crippen LogP contribution in [0.15, 0.2) is 60.8 Å². The lowest BCUT2D eigenvalue weighted by Crippen LogP contribution is -2.45. The van der Waals surface area contributed by atoms with Crippen molar-refractivity contribution in [3.63, 3.8) is 0 Å². The minimum absolute atomic E-state index is 0.00381. The van der Waals surface area contributed by atoms with Gasteiger partial charge in [-0.2, -0.15) is 0 Å². The van der Waals surface area contributed by atoms with Gasteiger partial charge in [-0.05, 0) is 89.9 Å². The second-order valence-electron chi connectivity index (χ2n) is 24.9. The minimum atomic E-state index is -0.848. The number of aliphatic hydroxyl groups is 2. The highest BCUT2D eigenvalue weighted by atomic mass is 16.5. The normalized spacial score (nSPS) is 12.9. The number of unbranched alkanes of at least 4 members (excludes halogenated alkanes) is 49. The third-order valence-electron chi connectivity index (χ3n) is 16.7.